The standard InChI is InChI=1S/C31H40FN8OP/c1-4-38-17-19-39(20-18-38)23-12-15-40(16-13-23)27-10-9-22(21-25(27)32)34-31-36-29-24(11-14-33-29)30(37-31)35-26-7-5-6-8-28(26)42(2,3)41/h5-11,14,21,23H,4,12-13,15-20H2,1-3H3,(H3,33,34,35,36,37). The van der Waals surface area contributed by atoms with Gasteiger partial charge in [0.05, 0.1) is 16.8 Å². The number of piperazine rings is 1. The smallest absolute Gasteiger partial charge is 0.231 e. The third-order valence-electron chi connectivity index (χ3n) is 8.53. The number of fused-ring (bicyclic) bond motifs is 1. The summed E-state index contributed by atoms with van der Waals surface area (Å²) in [4.78, 5) is 19.7. The van der Waals surface area contributed by atoms with E-state index in [-0.39, 0.29) is 5.82 Å². The topological polar surface area (TPSA) is 92.4 Å². The van der Waals surface area contributed by atoms with Gasteiger partial charge in [0.25, 0.3) is 0 Å². The summed E-state index contributed by atoms with van der Waals surface area (Å²) in [5, 5.41) is 8.09. The van der Waals surface area contributed by atoms with Crippen LogP contribution in [0.5, 0.6) is 0 Å². The number of para-hydroxylation sites is 1. The van der Waals surface area contributed by atoms with Crippen molar-refractivity contribution in [3.8, 4) is 0 Å². The number of rotatable bonds is 8. The van der Waals surface area contributed by atoms with Gasteiger partial charge in [0.2, 0.25) is 5.95 Å². The third kappa shape index (κ3) is 6.16. The van der Waals surface area contributed by atoms with E-state index in [2.05, 4.69) is 42.2 Å². The van der Waals surface area contributed by atoms with Crippen LogP contribution in [0.1, 0.15) is 19.8 Å². The first-order valence-electron chi connectivity index (χ1n) is 14.8. The number of nitrogens with one attached hydrogen (secondary N) is 3. The van der Waals surface area contributed by atoms with Gasteiger partial charge in [-0.3, -0.25) is 4.90 Å². The predicted octanol–water partition coefficient (Wildman–Crippen LogP) is 5.44. The minimum atomic E-state index is -2.52. The van der Waals surface area contributed by atoms with Gasteiger partial charge in [0.1, 0.15) is 24.4 Å². The molecule has 222 valence electrons. The second-order valence-corrected chi connectivity index (χ2v) is 14.8. The van der Waals surface area contributed by atoms with Crippen LogP contribution in [0.25, 0.3) is 11.0 Å². The van der Waals surface area contributed by atoms with Gasteiger partial charge in [-0.1, -0.05) is 19.1 Å². The van der Waals surface area contributed by atoms with Crippen molar-refractivity contribution in [2.24, 2.45) is 0 Å². The maximum atomic E-state index is 15.4. The number of likely N-dealkylation sites (N-methyl/N-ethyl adjacent to an activating group) is 1. The van der Waals surface area contributed by atoms with Crippen LogP contribution in [0.15, 0.2) is 54.7 Å². The van der Waals surface area contributed by atoms with Crippen LogP contribution in [0, 0.1) is 5.82 Å². The van der Waals surface area contributed by atoms with Crippen molar-refractivity contribution in [2.45, 2.75) is 25.8 Å². The molecule has 0 unspecified atom stereocenters. The molecule has 6 rings (SSSR count). The number of H-pyrrole nitrogens is 1. The Morgan fingerprint density at radius 3 is 2.45 bits per heavy atom. The van der Waals surface area contributed by atoms with E-state index < -0.39 is 7.14 Å². The summed E-state index contributed by atoms with van der Waals surface area (Å²) in [5.41, 5.74) is 2.59. The fourth-order valence-electron chi connectivity index (χ4n) is 6.16. The molecule has 2 aromatic heterocycles. The fourth-order valence-corrected chi connectivity index (χ4v) is 7.31. The molecule has 0 radical (unpaired) electrons. The van der Waals surface area contributed by atoms with Crippen LogP contribution < -0.4 is 20.8 Å². The average Bonchev–Trinajstić information content (AvgIpc) is 3.46. The van der Waals surface area contributed by atoms with Gasteiger partial charge in [-0.05, 0) is 69.1 Å². The normalized spacial score (nSPS) is 17.6. The van der Waals surface area contributed by atoms with Crippen LogP contribution in [-0.2, 0) is 4.57 Å². The molecule has 0 saturated carbocycles. The lowest BCUT2D eigenvalue weighted by Crippen LogP contribution is -2.53. The number of piperidine rings is 1. The number of hydrogen-bond donors (Lipinski definition) is 3. The van der Waals surface area contributed by atoms with Crippen molar-refractivity contribution < 1.29 is 8.96 Å². The first kappa shape index (κ1) is 28.6. The van der Waals surface area contributed by atoms with Crippen LogP contribution in [-0.4, -0.2) is 89.9 Å². The van der Waals surface area contributed by atoms with Crippen LogP contribution in [0.3, 0.4) is 0 Å². The molecule has 2 saturated heterocycles. The van der Waals surface area contributed by atoms with E-state index in [4.69, 9.17) is 4.98 Å². The monoisotopic (exact) mass is 590 g/mol. The number of benzene rings is 2. The molecule has 2 aromatic carbocycles. The average molecular weight is 591 g/mol. The van der Waals surface area contributed by atoms with Crippen molar-refractivity contribution in [2.75, 3.05) is 74.7 Å². The van der Waals surface area contributed by atoms with Crippen LogP contribution >= 0.6 is 7.14 Å². The van der Waals surface area contributed by atoms with Crippen molar-refractivity contribution >= 4 is 52.3 Å². The largest absolute Gasteiger partial charge is 0.369 e. The van der Waals surface area contributed by atoms with Crippen molar-refractivity contribution in [3.05, 3.63) is 60.5 Å². The summed E-state index contributed by atoms with van der Waals surface area (Å²) in [5.74, 6) is 0.642. The minimum absolute atomic E-state index is 0.259. The molecule has 0 amide bonds. The summed E-state index contributed by atoms with van der Waals surface area (Å²) < 4.78 is 28.3. The zero-order valence-electron chi connectivity index (χ0n) is 24.6. The number of aromatic nitrogens is 3. The van der Waals surface area contributed by atoms with E-state index >= 15 is 4.39 Å². The van der Waals surface area contributed by atoms with Gasteiger partial charge in [-0.15, -0.1) is 0 Å². The van der Waals surface area contributed by atoms with Crippen molar-refractivity contribution in [3.63, 3.8) is 0 Å². The quantitative estimate of drug-likeness (QED) is 0.234. The van der Waals surface area contributed by atoms with Crippen molar-refractivity contribution in [1.82, 2.24) is 24.8 Å². The molecule has 0 spiro atoms. The number of anilines is 5. The molecule has 9 nitrogen and oxygen atoms in total. The molecule has 2 aliphatic heterocycles. The molecule has 0 atom stereocenters. The molecule has 4 heterocycles. The Labute approximate surface area is 246 Å². The fraction of sp³-hybridized carbons (Fsp3) is 0.419. The minimum Gasteiger partial charge on any atom is -0.369 e. The lowest BCUT2D eigenvalue weighted by molar-refractivity contribution is 0.0878. The molecule has 42 heavy (non-hydrogen) atoms. The molecular weight excluding hydrogens is 550 g/mol. The van der Waals surface area contributed by atoms with Crippen molar-refractivity contribution in [1.29, 1.82) is 0 Å². The molecule has 3 N–H and O–H groups in total. The Kier molecular flexibility index (Phi) is 8.21. The highest BCUT2D eigenvalue weighted by Gasteiger charge is 2.28. The van der Waals surface area contributed by atoms with E-state index in [0.717, 1.165) is 75.0 Å². The molecular formula is C31H40FN8OP. The zero-order chi connectivity index (χ0) is 29.3. The number of aromatic amines is 1. The second kappa shape index (κ2) is 12.0. The van der Waals surface area contributed by atoms with E-state index in [1.807, 2.05) is 42.5 Å². The maximum Gasteiger partial charge on any atom is 0.231 e. The molecule has 2 fully saturated rings. The zero-order valence-corrected chi connectivity index (χ0v) is 25.5. The van der Waals surface area contributed by atoms with Gasteiger partial charge in [-0.2, -0.15) is 9.97 Å². The number of halogens is 1. The van der Waals surface area contributed by atoms with E-state index in [1.54, 1.807) is 19.5 Å². The van der Waals surface area contributed by atoms with Gasteiger partial charge < -0.3 is 30.0 Å². The summed E-state index contributed by atoms with van der Waals surface area (Å²) in [6, 6.07) is 15.3. The third-order valence-corrected chi connectivity index (χ3v) is 10.1. The second-order valence-electron chi connectivity index (χ2n) is 11.6. The highest BCUT2D eigenvalue weighted by atomic mass is 31.2. The van der Waals surface area contributed by atoms with E-state index in [9.17, 15) is 4.57 Å². The predicted molar refractivity (Wildman–Crippen MR) is 171 cm³/mol. The molecule has 0 bridgehead atoms. The number of nitrogens with zero attached hydrogens (tertiary/aromatic N) is 5. The van der Waals surface area contributed by atoms with Crippen LogP contribution in [0.4, 0.5) is 33.2 Å². The summed E-state index contributed by atoms with van der Waals surface area (Å²) in [6.45, 7) is 13.1. The summed E-state index contributed by atoms with van der Waals surface area (Å²) in [6.07, 6.45) is 3.91. The van der Waals surface area contributed by atoms with E-state index in [1.165, 1.54) is 6.07 Å². The van der Waals surface area contributed by atoms with Crippen LogP contribution in [0.2, 0.25) is 0 Å². The Hall–Kier alpha value is -3.46. The molecule has 11 heteroatoms. The van der Waals surface area contributed by atoms with Gasteiger partial charge in [0.15, 0.2) is 0 Å². The Morgan fingerprint density at radius 2 is 1.74 bits per heavy atom. The first-order valence-corrected chi connectivity index (χ1v) is 17.4. The Morgan fingerprint density at radius 1 is 0.976 bits per heavy atom. The van der Waals surface area contributed by atoms with Gasteiger partial charge in [0, 0.05) is 62.5 Å². The SMILES string of the molecule is CCN1CCN(C2CCN(c3ccc(Nc4nc(Nc5ccccc5P(C)(C)=O)c5cc[nH]c5n4)cc3F)CC2)CC1. The highest BCUT2D eigenvalue weighted by molar-refractivity contribution is 7.70. The first-order chi connectivity index (χ1) is 20.3. The van der Waals surface area contributed by atoms with Gasteiger partial charge >= 0.3 is 0 Å². The lowest BCUT2D eigenvalue weighted by atomic mass is 10.0. The molecule has 2 aliphatic rings. The molecule has 0 aliphatic carbocycles. The Balaban J connectivity index is 1.15. The van der Waals surface area contributed by atoms with E-state index in [0.29, 0.717) is 34.8 Å². The lowest BCUT2D eigenvalue weighted by Gasteiger charge is -2.43. The highest BCUT2D eigenvalue weighted by Crippen LogP contribution is 2.39. The molecule has 4 aromatic rings. The number of hydrogen-bond acceptors (Lipinski definition) is 8. The summed E-state index contributed by atoms with van der Waals surface area (Å²) >= 11 is 0. The summed E-state index contributed by atoms with van der Waals surface area (Å²) in [7, 11) is -2.52. The van der Waals surface area contributed by atoms with Gasteiger partial charge in [-0.25, -0.2) is 4.39 Å². The Bertz CT molecular complexity index is 1590. The maximum absolute atomic E-state index is 15.4.